The Kier molecular flexibility index (Phi) is 4.83. The van der Waals surface area contributed by atoms with Crippen LogP contribution in [0.3, 0.4) is 0 Å². The van der Waals surface area contributed by atoms with Crippen molar-refractivity contribution in [2.24, 2.45) is 0 Å². The van der Waals surface area contributed by atoms with Gasteiger partial charge in [0.25, 0.3) is 5.69 Å². The molecule has 5 nitrogen and oxygen atoms in total. The molecule has 0 aliphatic heterocycles. The first-order valence-corrected chi connectivity index (χ1v) is 6.33. The van der Waals surface area contributed by atoms with Gasteiger partial charge >= 0.3 is 5.97 Å². The van der Waals surface area contributed by atoms with Crippen LogP contribution in [-0.2, 0) is 9.53 Å². The molecule has 0 saturated heterocycles. The summed E-state index contributed by atoms with van der Waals surface area (Å²) in [5.74, 6) is -0.488. The molecule has 0 bridgehead atoms. The second-order valence-electron chi connectivity index (χ2n) is 4.83. The van der Waals surface area contributed by atoms with Crippen molar-refractivity contribution >= 4 is 33.7 Å². The summed E-state index contributed by atoms with van der Waals surface area (Å²) in [5.41, 5.74) is -0.0558. The number of esters is 1. The van der Waals surface area contributed by atoms with Crippen LogP contribution >= 0.6 is 15.9 Å². The van der Waals surface area contributed by atoms with Crippen molar-refractivity contribution < 1.29 is 14.5 Å². The number of nitro groups is 1. The predicted molar refractivity (Wildman–Crippen MR) is 75.7 cm³/mol. The van der Waals surface area contributed by atoms with E-state index in [0.717, 1.165) is 0 Å². The Labute approximate surface area is 119 Å². The zero-order valence-electron chi connectivity index (χ0n) is 10.8. The summed E-state index contributed by atoms with van der Waals surface area (Å²) < 4.78 is 5.49. The van der Waals surface area contributed by atoms with Gasteiger partial charge in [0.05, 0.1) is 9.40 Å². The van der Waals surface area contributed by atoms with Gasteiger partial charge in [-0.3, -0.25) is 10.1 Å². The predicted octanol–water partition coefficient (Wildman–Crippen LogP) is 3.71. The van der Waals surface area contributed by atoms with E-state index in [9.17, 15) is 14.9 Å². The molecule has 0 radical (unpaired) electrons. The van der Waals surface area contributed by atoms with E-state index in [1.807, 2.05) is 0 Å². The largest absolute Gasteiger partial charge is 0.457 e. The highest BCUT2D eigenvalue weighted by Crippen LogP contribution is 2.26. The van der Waals surface area contributed by atoms with Crippen LogP contribution in [0.2, 0.25) is 0 Å². The molecular weight excluding hydrogens is 314 g/mol. The molecule has 0 unspecified atom stereocenters. The van der Waals surface area contributed by atoms with Crippen LogP contribution in [0.25, 0.3) is 6.08 Å². The topological polar surface area (TPSA) is 69.4 Å². The summed E-state index contributed by atoms with van der Waals surface area (Å²) in [4.78, 5) is 21.7. The monoisotopic (exact) mass is 327 g/mol. The number of hydrogen-bond donors (Lipinski definition) is 0. The van der Waals surface area contributed by atoms with E-state index < -0.39 is 16.5 Å². The van der Waals surface area contributed by atoms with Gasteiger partial charge in [-0.05, 0) is 54.4 Å². The molecule has 0 heterocycles. The summed E-state index contributed by atoms with van der Waals surface area (Å²) in [7, 11) is 0. The molecule has 0 saturated carbocycles. The zero-order chi connectivity index (χ0) is 14.6. The van der Waals surface area contributed by atoms with Crippen LogP contribution < -0.4 is 0 Å². The first-order valence-electron chi connectivity index (χ1n) is 5.54. The van der Waals surface area contributed by atoms with Crippen LogP contribution in [0.1, 0.15) is 26.3 Å². The molecule has 1 rings (SSSR count). The second-order valence-corrected chi connectivity index (χ2v) is 5.69. The Morgan fingerprint density at radius 2 is 2.05 bits per heavy atom. The highest BCUT2D eigenvalue weighted by Gasteiger charge is 2.14. The molecule has 19 heavy (non-hydrogen) atoms. The average molecular weight is 328 g/mol. The molecule has 6 heteroatoms. The minimum atomic E-state index is -0.562. The molecule has 1 aromatic rings. The number of nitro benzene ring substituents is 1. The normalized spacial score (nSPS) is 11.6. The van der Waals surface area contributed by atoms with E-state index >= 15 is 0 Å². The van der Waals surface area contributed by atoms with E-state index in [1.54, 1.807) is 32.9 Å². The molecule has 1 aromatic carbocycles. The molecule has 0 atom stereocenters. The average Bonchev–Trinajstić information content (AvgIpc) is 2.25. The molecule has 0 fully saturated rings. The number of carbonyl (C=O) groups is 1. The molecule has 0 amide bonds. The maximum atomic E-state index is 11.5. The highest BCUT2D eigenvalue weighted by molar-refractivity contribution is 9.10. The number of rotatable bonds is 3. The number of halogens is 1. The van der Waals surface area contributed by atoms with Gasteiger partial charge in [0.1, 0.15) is 5.60 Å². The summed E-state index contributed by atoms with van der Waals surface area (Å²) >= 11 is 3.09. The third-order valence-electron chi connectivity index (χ3n) is 1.99. The van der Waals surface area contributed by atoms with Crippen LogP contribution in [0.5, 0.6) is 0 Å². The van der Waals surface area contributed by atoms with Crippen molar-refractivity contribution in [1.29, 1.82) is 0 Å². The van der Waals surface area contributed by atoms with Gasteiger partial charge in [-0.1, -0.05) is 6.07 Å². The lowest BCUT2D eigenvalue weighted by Gasteiger charge is -2.17. The Bertz CT molecular complexity index is 532. The first-order chi connectivity index (χ1) is 8.69. The minimum absolute atomic E-state index is 0.0497. The van der Waals surface area contributed by atoms with Gasteiger partial charge in [-0.15, -0.1) is 0 Å². The summed E-state index contributed by atoms with van der Waals surface area (Å²) in [5, 5.41) is 10.8. The van der Waals surface area contributed by atoms with Crippen LogP contribution in [0.4, 0.5) is 5.69 Å². The molecular formula is C13H14BrNO4. The molecule has 0 N–H and O–H groups in total. The van der Waals surface area contributed by atoms with Crippen molar-refractivity contribution in [2.75, 3.05) is 0 Å². The second kappa shape index (κ2) is 5.97. The Morgan fingerprint density at radius 1 is 1.42 bits per heavy atom. The molecule has 0 aliphatic carbocycles. The fourth-order valence-corrected chi connectivity index (χ4v) is 1.66. The molecule has 0 aliphatic rings. The van der Waals surface area contributed by atoms with Gasteiger partial charge in [-0.25, -0.2) is 4.79 Å². The summed E-state index contributed by atoms with van der Waals surface area (Å²) in [6.07, 6.45) is 2.73. The third-order valence-corrected chi connectivity index (χ3v) is 2.66. The van der Waals surface area contributed by atoms with Crippen molar-refractivity contribution in [2.45, 2.75) is 26.4 Å². The summed E-state index contributed by atoms with van der Waals surface area (Å²) in [6, 6.07) is 4.61. The van der Waals surface area contributed by atoms with Crippen LogP contribution in [-0.4, -0.2) is 16.5 Å². The Morgan fingerprint density at radius 3 is 2.58 bits per heavy atom. The minimum Gasteiger partial charge on any atom is -0.457 e. The van der Waals surface area contributed by atoms with Crippen LogP contribution in [0, 0.1) is 10.1 Å². The van der Waals surface area contributed by atoms with Gasteiger partial charge in [-0.2, -0.15) is 0 Å². The van der Waals surface area contributed by atoms with E-state index in [1.165, 1.54) is 18.2 Å². The van der Waals surface area contributed by atoms with E-state index in [2.05, 4.69) is 15.9 Å². The fourth-order valence-electron chi connectivity index (χ4n) is 1.27. The smallest absolute Gasteiger partial charge is 0.331 e. The molecule has 0 spiro atoms. The molecule has 102 valence electrons. The maximum Gasteiger partial charge on any atom is 0.331 e. The number of ether oxygens (including phenoxy) is 1. The van der Waals surface area contributed by atoms with Gasteiger partial charge in [0.15, 0.2) is 0 Å². The lowest BCUT2D eigenvalue weighted by molar-refractivity contribution is -0.385. The Hall–Kier alpha value is -1.69. The number of nitrogens with zero attached hydrogens (tertiary/aromatic N) is 1. The van der Waals surface area contributed by atoms with E-state index in [4.69, 9.17) is 4.74 Å². The number of carbonyl (C=O) groups excluding carboxylic acids is 1. The SMILES string of the molecule is CC(C)(C)OC(=O)/C=C/c1ccc(Br)c([N+](=O)[O-])c1. The lowest BCUT2D eigenvalue weighted by Crippen LogP contribution is -2.22. The van der Waals surface area contributed by atoms with Gasteiger partial charge in [0, 0.05) is 12.1 Å². The maximum absolute atomic E-state index is 11.5. The quantitative estimate of drug-likeness (QED) is 0.367. The fraction of sp³-hybridized carbons (Fsp3) is 0.308. The van der Waals surface area contributed by atoms with Crippen molar-refractivity contribution in [3.05, 3.63) is 44.4 Å². The van der Waals surface area contributed by atoms with Crippen molar-refractivity contribution in [1.82, 2.24) is 0 Å². The van der Waals surface area contributed by atoms with E-state index in [0.29, 0.717) is 10.0 Å². The Balaban J connectivity index is 2.86. The number of benzene rings is 1. The first kappa shape index (κ1) is 15.4. The number of hydrogen-bond acceptors (Lipinski definition) is 4. The van der Waals surface area contributed by atoms with Crippen molar-refractivity contribution in [3.8, 4) is 0 Å². The standard InChI is InChI=1S/C13H14BrNO4/c1-13(2,3)19-12(16)7-5-9-4-6-10(14)11(8-9)15(17)18/h4-8H,1-3H3/b7-5+. The van der Waals surface area contributed by atoms with Crippen molar-refractivity contribution in [3.63, 3.8) is 0 Å². The summed E-state index contributed by atoms with van der Waals surface area (Å²) in [6.45, 7) is 5.30. The lowest BCUT2D eigenvalue weighted by atomic mass is 10.2. The highest BCUT2D eigenvalue weighted by atomic mass is 79.9. The van der Waals surface area contributed by atoms with Crippen LogP contribution in [0.15, 0.2) is 28.7 Å². The van der Waals surface area contributed by atoms with E-state index in [-0.39, 0.29) is 5.69 Å². The zero-order valence-corrected chi connectivity index (χ0v) is 12.4. The van der Waals surface area contributed by atoms with Gasteiger partial charge in [0.2, 0.25) is 0 Å². The van der Waals surface area contributed by atoms with Gasteiger partial charge < -0.3 is 4.74 Å². The molecule has 0 aromatic heterocycles. The third kappa shape index (κ3) is 5.21.